The van der Waals surface area contributed by atoms with E-state index in [1.165, 1.54) is 41.6 Å². The lowest BCUT2D eigenvalue weighted by Gasteiger charge is -2.12. The molecule has 0 radical (unpaired) electrons. The van der Waals surface area contributed by atoms with E-state index in [1.807, 2.05) is 6.26 Å². The van der Waals surface area contributed by atoms with Crippen molar-refractivity contribution < 1.29 is 9.18 Å². The predicted molar refractivity (Wildman–Crippen MR) is 81.2 cm³/mol. The van der Waals surface area contributed by atoms with E-state index >= 15 is 0 Å². The molecule has 0 bridgehead atoms. The van der Waals surface area contributed by atoms with E-state index in [4.69, 9.17) is 5.73 Å². The molecular formula is C15H15FN2O2S. The summed E-state index contributed by atoms with van der Waals surface area (Å²) in [5.74, 6) is -1.00. The molecule has 0 fully saturated rings. The third-order valence-corrected chi connectivity index (χ3v) is 4.05. The van der Waals surface area contributed by atoms with Gasteiger partial charge in [-0.1, -0.05) is 6.07 Å². The van der Waals surface area contributed by atoms with Gasteiger partial charge in [0.05, 0.1) is 5.56 Å². The number of hydrogen-bond acceptors (Lipinski definition) is 3. The van der Waals surface area contributed by atoms with Crippen molar-refractivity contribution in [1.82, 2.24) is 4.57 Å². The fraction of sp³-hybridized carbons (Fsp3) is 0.200. The minimum atomic E-state index is -0.637. The van der Waals surface area contributed by atoms with Gasteiger partial charge < -0.3 is 10.3 Å². The SMILES string of the molecule is CSc1ccc(Cc2c(C(N)=O)ccc(=O)n2C)c(F)c1. The number of amides is 1. The van der Waals surface area contributed by atoms with Crippen LogP contribution in [0.3, 0.4) is 0 Å². The zero-order chi connectivity index (χ0) is 15.6. The van der Waals surface area contributed by atoms with E-state index < -0.39 is 5.91 Å². The van der Waals surface area contributed by atoms with Gasteiger partial charge in [0.15, 0.2) is 0 Å². The molecule has 0 atom stereocenters. The van der Waals surface area contributed by atoms with Crippen molar-refractivity contribution in [2.45, 2.75) is 11.3 Å². The van der Waals surface area contributed by atoms with Crippen LogP contribution in [-0.4, -0.2) is 16.7 Å². The Hall–Kier alpha value is -2.08. The smallest absolute Gasteiger partial charge is 0.250 e. The molecule has 1 heterocycles. The van der Waals surface area contributed by atoms with Crippen LogP contribution in [0.5, 0.6) is 0 Å². The van der Waals surface area contributed by atoms with E-state index in [2.05, 4.69) is 0 Å². The van der Waals surface area contributed by atoms with Crippen LogP contribution in [-0.2, 0) is 13.5 Å². The molecule has 0 aliphatic carbocycles. The average Bonchev–Trinajstić information content (AvgIpc) is 2.45. The molecule has 2 rings (SSSR count). The molecule has 0 unspecified atom stereocenters. The van der Waals surface area contributed by atoms with Crippen molar-refractivity contribution in [2.24, 2.45) is 12.8 Å². The predicted octanol–water partition coefficient (Wildman–Crippen LogP) is 1.94. The van der Waals surface area contributed by atoms with Gasteiger partial charge in [0.25, 0.3) is 5.56 Å². The number of halogens is 1. The molecule has 110 valence electrons. The molecule has 21 heavy (non-hydrogen) atoms. The summed E-state index contributed by atoms with van der Waals surface area (Å²) in [6, 6.07) is 7.55. The Bertz CT molecular complexity index is 756. The van der Waals surface area contributed by atoms with Crippen molar-refractivity contribution in [1.29, 1.82) is 0 Å². The molecule has 0 aliphatic rings. The highest BCUT2D eigenvalue weighted by molar-refractivity contribution is 7.98. The van der Waals surface area contributed by atoms with E-state index in [0.717, 1.165) is 4.90 Å². The van der Waals surface area contributed by atoms with Crippen LogP contribution in [0, 0.1) is 5.82 Å². The number of thioether (sulfide) groups is 1. The minimum absolute atomic E-state index is 0.130. The maximum atomic E-state index is 14.1. The fourth-order valence-electron chi connectivity index (χ4n) is 2.09. The minimum Gasteiger partial charge on any atom is -0.366 e. The van der Waals surface area contributed by atoms with Gasteiger partial charge in [-0.05, 0) is 30.0 Å². The van der Waals surface area contributed by atoms with E-state index in [-0.39, 0.29) is 23.4 Å². The van der Waals surface area contributed by atoms with Crippen LogP contribution < -0.4 is 11.3 Å². The molecule has 4 nitrogen and oxygen atoms in total. The summed E-state index contributed by atoms with van der Waals surface area (Å²) in [6.07, 6.45) is 1.99. The summed E-state index contributed by atoms with van der Waals surface area (Å²) in [7, 11) is 1.54. The molecule has 0 aliphatic heterocycles. The first-order valence-electron chi connectivity index (χ1n) is 6.25. The second-order valence-electron chi connectivity index (χ2n) is 4.59. The molecule has 0 saturated heterocycles. The van der Waals surface area contributed by atoms with E-state index in [1.54, 1.807) is 12.1 Å². The van der Waals surface area contributed by atoms with Gasteiger partial charge in [0.2, 0.25) is 5.91 Å². The van der Waals surface area contributed by atoms with Gasteiger partial charge >= 0.3 is 0 Å². The highest BCUT2D eigenvalue weighted by atomic mass is 32.2. The van der Waals surface area contributed by atoms with Crippen molar-refractivity contribution in [3.05, 3.63) is 63.3 Å². The van der Waals surface area contributed by atoms with Crippen molar-refractivity contribution in [3.8, 4) is 0 Å². The number of nitrogens with two attached hydrogens (primary N) is 1. The number of primary amides is 1. The zero-order valence-corrected chi connectivity index (χ0v) is 12.5. The molecule has 1 amide bonds. The summed E-state index contributed by atoms with van der Waals surface area (Å²) in [6.45, 7) is 0. The monoisotopic (exact) mass is 306 g/mol. The number of hydrogen-bond donors (Lipinski definition) is 1. The maximum Gasteiger partial charge on any atom is 0.250 e. The lowest BCUT2D eigenvalue weighted by Crippen LogP contribution is -2.25. The second-order valence-corrected chi connectivity index (χ2v) is 5.47. The van der Waals surface area contributed by atoms with Gasteiger partial charge in [0.1, 0.15) is 5.82 Å². The molecule has 1 aromatic heterocycles. The molecule has 2 aromatic rings. The first-order chi connectivity index (χ1) is 9.93. The summed E-state index contributed by atoms with van der Waals surface area (Å²) < 4.78 is 15.4. The van der Waals surface area contributed by atoms with Gasteiger partial charge in [-0.15, -0.1) is 11.8 Å². The number of aromatic nitrogens is 1. The van der Waals surface area contributed by atoms with Crippen LogP contribution in [0.1, 0.15) is 21.6 Å². The molecule has 1 aromatic carbocycles. The lowest BCUT2D eigenvalue weighted by atomic mass is 10.0. The standard InChI is InChI=1S/C15H15FN2O2S/c1-18-13(11(15(17)20)5-6-14(18)19)7-9-3-4-10(21-2)8-12(9)16/h3-6,8H,7H2,1-2H3,(H2,17,20). The van der Waals surface area contributed by atoms with E-state index in [0.29, 0.717) is 11.3 Å². The van der Waals surface area contributed by atoms with Gasteiger partial charge in [-0.2, -0.15) is 0 Å². The summed E-state index contributed by atoms with van der Waals surface area (Å²) in [5, 5.41) is 0. The normalized spacial score (nSPS) is 10.6. The highest BCUT2D eigenvalue weighted by Gasteiger charge is 2.14. The Morgan fingerprint density at radius 2 is 2.05 bits per heavy atom. The number of pyridine rings is 1. The largest absolute Gasteiger partial charge is 0.366 e. The number of rotatable bonds is 4. The average molecular weight is 306 g/mol. The molecule has 0 saturated carbocycles. The van der Waals surface area contributed by atoms with Gasteiger partial charge in [-0.3, -0.25) is 9.59 Å². The van der Waals surface area contributed by atoms with E-state index in [9.17, 15) is 14.0 Å². The first-order valence-corrected chi connectivity index (χ1v) is 7.47. The second kappa shape index (κ2) is 6.13. The maximum absolute atomic E-state index is 14.1. The number of carbonyl (C=O) groups excluding carboxylic acids is 1. The third kappa shape index (κ3) is 3.16. The zero-order valence-electron chi connectivity index (χ0n) is 11.7. The Kier molecular flexibility index (Phi) is 4.47. The quantitative estimate of drug-likeness (QED) is 0.878. The Balaban J connectivity index is 2.51. The Labute approximate surface area is 125 Å². The lowest BCUT2D eigenvalue weighted by molar-refractivity contribution is 0.0998. The van der Waals surface area contributed by atoms with Crippen LogP contribution in [0.2, 0.25) is 0 Å². The molecular weight excluding hydrogens is 291 g/mol. The first kappa shape index (κ1) is 15.3. The Morgan fingerprint density at radius 3 is 2.62 bits per heavy atom. The van der Waals surface area contributed by atoms with Crippen molar-refractivity contribution in [2.75, 3.05) is 6.26 Å². The van der Waals surface area contributed by atoms with Gasteiger partial charge in [-0.25, -0.2) is 4.39 Å². The molecule has 2 N–H and O–H groups in total. The van der Waals surface area contributed by atoms with Gasteiger partial charge in [0, 0.05) is 30.1 Å². The van der Waals surface area contributed by atoms with Crippen molar-refractivity contribution in [3.63, 3.8) is 0 Å². The van der Waals surface area contributed by atoms with Crippen LogP contribution in [0.25, 0.3) is 0 Å². The van der Waals surface area contributed by atoms with Crippen molar-refractivity contribution >= 4 is 17.7 Å². The highest BCUT2D eigenvalue weighted by Crippen LogP contribution is 2.21. The number of benzene rings is 1. The topological polar surface area (TPSA) is 65.1 Å². The van der Waals surface area contributed by atoms with Crippen LogP contribution in [0.4, 0.5) is 4.39 Å². The number of nitrogens with zero attached hydrogens (tertiary/aromatic N) is 1. The van der Waals surface area contributed by atoms with Crippen LogP contribution in [0.15, 0.2) is 40.0 Å². The fourth-order valence-corrected chi connectivity index (χ4v) is 2.52. The summed E-state index contributed by atoms with van der Waals surface area (Å²) in [5.41, 5.74) is 6.10. The molecule has 6 heteroatoms. The Morgan fingerprint density at radius 1 is 1.33 bits per heavy atom. The summed E-state index contributed by atoms with van der Waals surface area (Å²) in [4.78, 5) is 24.0. The summed E-state index contributed by atoms with van der Waals surface area (Å²) >= 11 is 1.44. The molecule has 0 spiro atoms. The third-order valence-electron chi connectivity index (χ3n) is 3.32. The van der Waals surface area contributed by atoms with Crippen LogP contribution >= 0.6 is 11.8 Å². The number of carbonyl (C=O) groups is 1.